The number of rotatable bonds is 9. The number of nitrogen functional groups attached to an aromatic ring is 1. The molecule has 4 N–H and O–H groups in total. The molecule has 1 aromatic heterocycles. The molecule has 4 nitrogen and oxygen atoms in total. The molecule has 0 saturated heterocycles. The Morgan fingerprint density at radius 3 is 2.64 bits per heavy atom. The molecule has 0 saturated carbocycles. The number of imidazole rings is 1. The molecule has 0 radical (unpaired) electrons. The first-order chi connectivity index (χ1) is 18.9. The van der Waals surface area contributed by atoms with Gasteiger partial charge in [-0.1, -0.05) is 89.4 Å². The molecule has 39 heavy (non-hydrogen) atoms. The van der Waals surface area contributed by atoms with Crippen molar-refractivity contribution in [2.75, 3.05) is 18.8 Å². The van der Waals surface area contributed by atoms with E-state index in [-0.39, 0.29) is 0 Å². The number of nitrogens with one attached hydrogen (secondary N) is 2. The molecular formula is C35H44N4. The summed E-state index contributed by atoms with van der Waals surface area (Å²) in [6.45, 7) is 22.7. The molecular weight excluding hydrogens is 476 g/mol. The summed E-state index contributed by atoms with van der Waals surface area (Å²) in [6, 6.07) is 12.4. The van der Waals surface area contributed by atoms with Crippen molar-refractivity contribution in [1.29, 1.82) is 0 Å². The van der Waals surface area contributed by atoms with Gasteiger partial charge in [-0.25, -0.2) is 4.98 Å². The molecule has 3 aromatic rings. The van der Waals surface area contributed by atoms with E-state index in [1.807, 2.05) is 26.0 Å². The Balaban J connectivity index is 0.00000205. The Hall–Kier alpha value is -3.89. The van der Waals surface area contributed by atoms with Crippen LogP contribution in [0, 0.1) is 5.92 Å². The maximum absolute atomic E-state index is 6.47. The minimum atomic E-state index is 0.568. The van der Waals surface area contributed by atoms with Gasteiger partial charge in [0.15, 0.2) is 0 Å². The molecule has 0 aliphatic heterocycles. The van der Waals surface area contributed by atoms with Crippen LogP contribution in [-0.4, -0.2) is 23.1 Å². The van der Waals surface area contributed by atoms with Crippen molar-refractivity contribution in [3.8, 4) is 0 Å². The Morgan fingerprint density at radius 2 is 2.00 bits per heavy atom. The highest BCUT2D eigenvalue weighted by Crippen LogP contribution is 2.34. The highest BCUT2D eigenvalue weighted by Gasteiger charge is 2.17. The topological polar surface area (TPSA) is 66.7 Å². The van der Waals surface area contributed by atoms with Gasteiger partial charge in [-0.05, 0) is 78.8 Å². The lowest BCUT2D eigenvalue weighted by Gasteiger charge is -2.16. The lowest BCUT2D eigenvalue weighted by atomic mass is 9.91. The Kier molecular flexibility index (Phi) is 10.5. The number of nitrogens with zero attached hydrogens (tertiary/aromatic N) is 1. The molecule has 1 aliphatic carbocycles. The van der Waals surface area contributed by atoms with E-state index < -0.39 is 0 Å². The number of benzene rings is 2. The third-order valence-corrected chi connectivity index (χ3v) is 7.10. The van der Waals surface area contributed by atoms with Crippen LogP contribution in [0.15, 0.2) is 91.1 Å². The summed E-state index contributed by atoms with van der Waals surface area (Å²) < 4.78 is 0. The summed E-state index contributed by atoms with van der Waals surface area (Å²) in [7, 11) is 0. The van der Waals surface area contributed by atoms with Gasteiger partial charge in [-0.15, -0.1) is 0 Å². The monoisotopic (exact) mass is 520 g/mol. The number of fused-ring (bicyclic) bond motifs is 1. The SMILES string of the molecule is C=C/C(CNCC)=C(C)\C(=C/C)c1ccc(N)c(C(=C)c2nc3c(C4=CCC(C)C=C4)cccc3[nH]2)c1.CC. The van der Waals surface area contributed by atoms with E-state index in [0.29, 0.717) is 11.6 Å². The zero-order valence-electron chi connectivity index (χ0n) is 24.5. The van der Waals surface area contributed by atoms with Crippen LogP contribution < -0.4 is 11.1 Å². The van der Waals surface area contributed by atoms with E-state index in [1.54, 1.807) is 0 Å². The van der Waals surface area contributed by atoms with Gasteiger partial charge in [0.25, 0.3) is 0 Å². The fraction of sp³-hybridized carbons (Fsp3) is 0.286. The van der Waals surface area contributed by atoms with E-state index in [4.69, 9.17) is 10.7 Å². The van der Waals surface area contributed by atoms with Crippen molar-refractivity contribution in [2.24, 2.45) is 5.92 Å². The number of aromatic amines is 1. The summed E-state index contributed by atoms with van der Waals surface area (Å²) in [5.41, 5.74) is 17.7. The number of para-hydroxylation sites is 1. The summed E-state index contributed by atoms with van der Waals surface area (Å²) in [6.07, 6.45) is 11.9. The summed E-state index contributed by atoms with van der Waals surface area (Å²) in [5, 5.41) is 3.40. The van der Waals surface area contributed by atoms with E-state index in [1.165, 1.54) is 16.7 Å². The number of H-pyrrole nitrogens is 1. The Labute approximate surface area is 234 Å². The van der Waals surface area contributed by atoms with Crippen LogP contribution in [0.3, 0.4) is 0 Å². The van der Waals surface area contributed by atoms with E-state index in [9.17, 15) is 0 Å². The highest BCUT2D eigenvalue weighted by atomic mass is 14.9. The Morgan fingerprint density at radius 1 is 1.23 bits per heavy atom. The van der Waals surface area contributed by atoms with Gasteiger partial charge in [0.05, 0.1) is 11.0 Å². The average Bonchev–Trinajstić information content (AvgIpc) is 3.41. The second-order valence-corrected chi connectivity index (χ2v) is 9.64. The van der Waals surface area contributed by atoms with Crippen LogP contribution in [-0.2, 0) is 0 Å². The van der Waals surface area contributed by atoms with Gasteiger partial charge < -0.3 is 16.0 Å². The van der Waals surface area contributed by atoms with Gasteiger partial charge in [0, 0.05) is 28.9 Å². The Bertz CT molecular complexity index is 1460. The predicted octanol–water partition coefficient (Wildman–Crippen LogP) is 8.73. The molecule has 2 aromatic carbocycles. The average molecular weight is 521 g/mol. The van der Waals surface area contributed by atoms with Crippen LogP contribution in [0.5, 0.6) is 0 Å². The van der Waals surface area contributed by atoms with Crippen molar-refractivity contribution in [3.63, 3.8) is 0 Å². The van der Waals surface area contributed by atoms with Crippen LogP contribution in [0.2, 0.25) is 0 Å². The second-order valence-electron chi connectivity index (χ2n) is 9.64. The van der Waals surface area contributed by atoms with Gasteiger partial charge in [-0.3, -0.25) is 0 Å². The van der Waals surface area contributed by atoms with Crippen LogP contribution in [0.25, 0.3) is 27.8 Å². The number of allylic oxidation sites excluding steroid dienone is 7. The minimum absolute atomic E-state index is 0.568. The standard InChI is InChI=1S/C33H38N4.C2H6/c1-7-24(20-35-9-3)22(5)27(8-2)26-17-18-30(34)29(19-26)23(6)33-36-31-12-10-11-28(32(31)37-33)25-15-13-21(4)14-16-25;1-2/h7-8,10-13,15-19,21,35H,1,6,9,14,20,34H2,2-5H3,(H,36,37);1-2H3/b24-22+,27-8+;. The first kappa shape index (κ1) is 29.7. The molecule has 1 unspecified atom stereocenters. The first-order valence-electron chi connectivity index (χ1n) is 14.0. The third-order valence-electron chi connectivity index (χ3n) is 7.10. The van der Waals surface area contributed by atoms with Crippen molar-refractivity contribution in [2.45, 2.75) is 48.0 Å². The smallest absolute Gasteiger partial charge is 0.138 e. The number of hydrogen-bond donors (Lipinski definition) is 3. The van der Waals surface area contributed by atoms with Crippen LogP contribution >= 0.6 is 0 Å². The molecule has 204 valence electrons. The maximum atomic E-state index is 6.47. The summed E-state index contributed by atoms with van der Waals surface area (Å²) in [5.74, 6) is 1.30. The summed E-state index contributed by atoms with van der Waals surface area (Å²) >= 11 is 0. The van der Waals surface area contributed by atoms with Gasteiger partial charge >= 0.3 is 0 Å². The second kappa shape index (κ2) is 13.8. The number of nitrogens with two attached hydrogens (primary N) is 1. The fourth-order valence-corrected chi connectivity index (χ4v) is 4.84. The van der Waals surface area contributed by atoms with Gasteiger partial charge in [0.2, 0.25) is 0 Å². The lowest BCUT2D eigenvalue weighted by molar-refractivity contribution is 0.739. The molecule has 0 bridgehead atoms. The van der Waals surface area contributed by atoms with Gasteiger partial charge in [-0.2, -0.15) is 0 Å². The normalized spacial score (nSPS) is 15.8. The zero-order chi connectivity index (χ0) is 28.5. The number of aromatic nitrogens is 2. The number of likely N-dealkylation sites (N-methyl/N-ethyl adjacent to an activating group) is 1. The molecule has 0 amide bonds. The molecule has 1 heterocycles. The molecule has 1 atom stereocenters. The van der Waals surface area contributed by atoms with Crippen molar-refractivity contribution >= 4 is 33.4 Å². The van der Waals surface area contributed by atoms with Crippen molar-refractivity contribution < 1.29 is 0 Å². The van der Waals surface area contributed by atoms with E-state index in [2.05, 4.69) is 106 Å². The maximum Gasteiger partial charge on any atom is 0.138 e. The van der Waals surface area contributed by atoms with E-state index >= 15 is 0 Å². The van der Waals surface area contributed by atoms with Gasteiger partial charge in [0.1, 0.15) is 5.82 Å². The lowest BCUT2D eigenvalue weighted by Crippen LogP contribution is -2.16. The van der Waals surface area contributed by atoms with E-state index in [0.717, 1.165) is 64.2 Å². The number of anilines is 1. The largest absolute Gasteiger partial charge is 0.398 e. The van der Waals surface area contributed by atoms with Crippen LogP contribution in [0.1, 0.15) is 70.5 Å². The highest BCUT2D eigenvalue weighted by molar-refractivity contribution is 5.95. The zero-order valence-corrected chi connectivity index (χ0v) is 24.5. The first-order valence-corrected chi connectivity index (χ1v) is 14.0. The fourth-order valence-electron chi connectivity index (χ4n) is 4.84. The molecule has 0 fully saturated rings. The molecule has 1 aliphatic rings. The van der Waals surface area contributed by atoms with Crippen molar-refractivity contribution in [1.82, 2.24) is 15.3 Å². The molecule has 4 heteroatoms. The molecule has 4 rings (SSSR count). The van der Waals surface area contributed by atoms with Crippen molar-refractivity contribution in [3.05, 3.63) is 114 Å². The summed E-state index contributed by atoms with van der Waals surface area (Å²) in [4.78, 5) is 8.48. The van der Waals surface area contributed by atoms with Crippen LogP contribution in [0.4, 0.5) is 5.69 Å². The predicted molar refractivity (Wildman–Crippen MR) is 172 cm³/mol. The quantitative estimate of drug-likeness (QED) is 0.195. The molecule has 0 spiro atoms. The third kappa shape index (κ3) is 6.58. The minimum Gasteiger partial charge on any atom is -0.398 e. The number of hydrogen-bond acceptors (Lipinski definition) is 3.